The standard InChI is InChI=1S/C22H23NO/c24-21(20-6-5-18-3-1-2-4-19(18)23-20)7-8-22-12-15-9-16(13-22)11-17(10-15)14-22/h1-8,15-17H,9-14H2/b8-7+. The third-order valence-corrected chi connectivity index (χ3v) is 6.52. The second-order valence-electron chi connectivity index (χ2n) is 8.37. The monoisotopic (exact) mass is 317 g/mol. The van der Waals surface area contributed by atoms with Gasteiger partial charge in [-0.3, -0.25) is 4.79 Å². The molecule has 4 aliphatic carbocycles. The summed E-state index contributed by atoms with van der Waals surface area (Å²) < 4.78 is 0. The Balaban J connectivity index is 1.40. The van der Waals surface area contributed by atoms with Gasteiger partial charge in [0.25, 0.3) is 0 Å². The zero-order chi connectivity index (χ0) is 16.1. The van der Waals surface area contributed by atoms with Gasteiger partial charge in [0.05, 0.1) is 5.52 Å². The minimum absolute atomic E-state index is 0.0523. The van der Waals surface area contributed by atoms with Crippen molar-refractivity contribution in [2.45, 2.75) is 38.5 Å². The summed E-state index contributed by atoms with van der Waals surface area (Å²) in [6.45, 7) is 0. The number of rotatable bonds is 3. The third-order valence-electron chi connectivity index (χ3n) is 6.52. The lowest BCUT2D eigenvalue weighted by atomic mass is 9.49. The largest absolute Gasteiger partial charge is 0.288 e. The van der Waals surface area contributed by atoms with E-state index in [4.69, 9.17) is 0 Å². The average Bonchev–Trinajstić information content (AvgIpc) is 2.58. The number of aromatic nitrogens is 1. The summed E-state index contributed by atoms with van der Waals surface area (Å²) in [5, 5.41) is 1.08. The first-order chi connectivity index (χ1) is 11.7. The molecule has 4 bridgehead atoms. The fourth-order valence-corrected chi connectivity index (χ4v) is 5.92. The van der Waals surface area contributed by atoms with Crippen molar-refractivity contribution in [2.75, 3.05) is 0 Å². The highest BCUT2D eigenvalue weighted by atomic mass is 16.1. The quantitative estimate of drug-likeness (QED) is 0.576. The van der Waals surface area contributed by atoms with E-state index >= 15 is 0 Å². The molecule has 0 aliphatic heterocycles. The molecule has 24 heavy (non-hydrogen) atoms. The maximum absolute atomic E-state index is 12.6. The van der Waals surface area contributed by atoms with E-state index in [0.717, 1.165) is 28.7 Å². The van der Waals surface area contributed by atoms with Crippen molar-refractivity contribution in [1.82, 2.24) is 4.98 Å². The summed E-state index contributed by atoms with van der Waals surface area (Å²) in [4.78, 5) is 17.2. The molecule has 4 aliphatic rings. The van der Waals surface area contributed by atoms with Crippen LogP contribution in [0.4, 0.5) is 0 Å². The third kappa shape index (κ3) is 2.40. The Bertz CT molecular complexity index is 799. The molecule has 2 nitrogen and oxygen atoms in total. The van der Waals surface area contributed by atoms with Gasteiger partial charge in [-0.25, -0.2) is 4.98 Å². The van der Waals surface area contributed by atoms with Crippen molar-refractivity contribution >= 4 is 16.7 Å². The van der Waals surface area contributed by atoms with E-state index in [2.05, 4.69) is 11.1 Å². The van der Waals surface area contributed by atoms with E-state index < -0.39 is 0 Å². The molecule has 0 radical (unpaired) electrons. The molecule has 0 N–H and O–H groups in total. The first-order valence-electron chi connectivity index (χ1n) is 9.28. The molecular formula is C22H23NO. The van der Waals surface area contributed by atoms with E-state index in [0.29, 0.717) is 11.1 Å². The van der Waals surface area contributed by atoms with Gasteiger partial charge in [-0.2, -0.15) is 0 Å². The number of carbonyl (C=O) groups excluding carboxylic acids is 1. The summed E-state index contributed by atoms with van der Waals surface area (Å²) in [7, 11) is 0. The molecular weight excluding hydrogens is 294 g/mol. The highest BCUT2D eigenvalue weighted by Gasteiger charge is 2.49. The molecule has 122 valence electrons. The lowest BCUT2D eigenvalue weighted by Gasteiger charge is -2.55. The van der Waals surface area contributed by atoms with Gasteiger partial charge in [-0.15, -0.1) is 0 Å². The summed E-state index contributed by atoms with van der Waals surface area (Å²) in [5.74, 6) is 2.79. The topological polar surface area (TPSA) is 30.0 Å². The first-order valence-corrected chi connectivity index (χ1v) is 9.28. The van der Waals surface area contributed by atoms with Crippen LogP contribution in [-0.4, -0.2) is 10.8 Å². The van der Waals surface area contributed by atoms with E-state index in [1.54, 1.807) is 0 Å². The molecule has 0 saturated heterocycles. The minimum Gasteiger partial charge on any atom is -0.288 e. The number of ketones is 1. The first kappa shape index (κ1) is 14.4. The number of nitrogens with zero attached hydrogens (tertiary/aromatic N) is 1. The fraction of sp³-hybridized carbons (Fsp3) is 0.455. The van der Waals surface area contributed by atoms with Gasteiger partial charge in [0.2, 0.25) is 5.78 Å². The molecule has 0 atom stereocenters. The normalized spacial score (nSPS) is 34.2. The average molecular weight is 317 g/mol. The van der Waals surface area contributed by atoms with Crippen molar-refractivity contribution in [1.29, 1.82) is 0 Å². The van der Waals surface area contributed by atoms with Crippen LogP contribution >= 0.6 is 0 Å². The van der Waals surface area contributed by atoms with Gasteiger partial charge in [0.1, 0.15) is 5.69 Å². The Hall–Kier alpha value is -1.96. The number of allylic oxidation sites excluding steroid dienone is 2. The number of para-hydroxylation sites is 1. The fourth-order valence-electron chi connectivity index (χ4n) is 5.92. The highest BCUT2D eigenvalue weighted by molar-refractivity contribution is 6.04. The van der Waals surface area contributed by atoms with Crippen LogP contribution < -0.4 is 0 Å². The predicted octanol–water partition coefficient (Wildman–Crippen LogP) is 5.19. The number of carbonyl (C=O) groups is 1. The zero-order valence-corrected chi connectivity index (χ0v) is 13.9. The van der Waals surface area contributed by atoms with Crippen molar-refractivity contribution in [3.63, 3.8) is 0 Å². The number of hydrogen-bond donors (Lipinski definition) is 0. The molecule has 1 aromatic carbocycles. The molecule has 4 saturated carbocycles. The van der Waals surface area contributed by atoms with Crippen LogP contribution in [0.1, 0.15) is 49.0 Å². The second kappa shape index (κ2) is 5.27. The van der Waals surface area contributed by atoms with Gasteiger partial charge >= 0.3 is 0 Å². The highest BCUT2D eigenvalue weighted by Crippen LogP contribution is 2.60. The maximum atomic E-state index is 12.6. The predicted molar refractivity (Wildman–Crippen MR) is 95.8 cm³/mol. The van der Waals surface area contributed by atoms with Crippen LogP contribution in [0.15, 0.2) is 48.6 Å². The molecule has 2 heteroatoms. The molecule has 6 rings (SSSR count). The van der Waals surface area contributed by atoms with Crippen LogP contribution in [0.5, 0.6) is 0 Å². The molecule has 4 fully saturated rings. The van der Waals surface area contributed by atoms with E-state index in [-0.39, 0.29) is 5.78 Å². The zero-order valence-electron chi connectivity index (χ0n) is 13.9. The van der Waals surface area contributed by atoms with E-state index in [1.807, 2.05) is 42.5 Å². The molecule has 0 unspecified atom stereocenters. The summed E-state index contributed by atoms with van der Waals surface area (Å²) >= 11 is 0. The number of benzene rings is 1. The van der Waals surface area contributed by atoms with Gasteiger partial charge in [0.15, 0.2) is 0 Å². The number of fused-ring (bicyclic) bond motifs is 1. The van der Waals surface area contributed by atoms with Gasteiger partial charge in [-0.1, -0.05) is 30.3 Å². The second-order valence-corrected chi connectivity index (χ2v) is 8.37. The van der Waals surface area contributed by atoms with Crippen molar-refractivity contribution in [2.24, 2.45) is 23.2 Å². The Morgan fingerprint density at radius 2 is 1.62 bits per heavy atom. The Labute approximate surface area is 143 Å². The van der Waals surface area contributed by atoms with Gasteiger partial charge < -0.3 is 0 Å². The summed E-state index contributed by atoms with van der Waals surface area (Å²) in [6, 6.07) is 11.8. The van der Waals surface area contributed by atoms with E-state index in [9.17, 15) is 4.79 Å². The van der Waals surface area contributed by atoms with E-state index in [1.165, 1.54) is 38.5 Å². The van der Waals surface area contributed by atoms with Crippen molar-refractivity contribution in [3.8, 4) is 0 Å². The van der Waals surface area contributed by atoms with Crippen LogP contribution in [-0.2, 0) is 0 Å². The Kier molecular flexibility index (Phi) is 3.16. The molecule has 1 heterocycles. The smallest absolute Gasteiger partial charge is 0.203 e. The van der Waals surface area contributed by atoms with Gasteiger partial charge in [0, 0.05) is 5.39 Å². The van der Waals surface area contributed by atoms with Crippen LogP contribution in [0, 0.1) is 23.2 Å². The summed E-state index contributed by atoms with van der Waals surface area (Å²) in [6.07, 6.45) is 12.3. The van der Waals surface area contributed by atoms with Crippen LogP contribution in [0.3, 0.4) is 0 Å². The van der Waals surface area contributed by atoms with Crippen molar-refractivity contribution < 1.29 is 4.79 Å². The molecule has 2 aromatic rings. The minimum atomic E-state index is 0.0523. The van der Waals surface area contributed by atoms with Crippen LogP contribution in [0.2, 0.25) is 0 Å². The Morgan fingerprint density at radius 3 is 2.33 bits per heavy atom. The number of hydrogen-bond acceptors (Lipinski definition) is 2. The lowest BCUT2D eigenvalue weighted by molar-refractivity contribution is -0.0238. The molecule has 1 aromatic heterocycles. The van der Waals surface area contributed by atoms with Crippen molar-refractivity contribution in [3.05, 3.63) is 54.2 Å². The van der Waals surface area contributed by atoms with Gasteiger partial charge in [-0.05, 0) is 79.9 Å². The SMILES string of the molecule is O=C(/C=C/C12CC3CC(CC(C3)C1)C2)c1ccc2ccccc2n1. The molecule has 0 amide bonds. The molecule has 0 spiro atoms. The van der Waals surface area contributed by atoms with Crippen LogP contribution in [0.25, 0.3) is 10.9 Å². The number of pyridine rings is 1. The Morgan fingerprint density at radius 1 is 0.958 bits per heavy atom. The lowest BCUT2D eigenvalue weighted by Crippen LogP contribution is -2.45. The maximum Gasteiger partial charge on any atom is 0.203 e. The summed E-state index contributed by atoms with van der Waals surface area (Å²) in [5.41, 5.74) is 1.77.